The lowest BCUT2D eigenvalue weighted by atomic mass is 10.0. The zero-order valence-corrected chi connectivity index (χ0v) is 10.1. The van der Waals surface area contributed by atoms with Gasteiger partial charge in [0.1, 0.15) is 6.26 Å². The van der Waals surface area contributed by atoms with Gasteiger partial charge < -0.3 is 9.40 Å². The van der Waals surface area contributed by atoms with Gasteiger partial charge in [0, 0.05) is 22.7 Å². The van der Waals surface area contributed by atoms with Gasteiger partial charge in [-0.05, 0) is 18.1 Å². The Morgan fingerprint density at radius 1 is 1.33 bits per heavy atom. The number of H-pyrrole nitrogens is 1. The van der Waals surface area contributed by atoms with Crippen LogP contribution in [-0.2, 0) is 6.42 Å². The summed E-state index contributed by atoms with van der Waals surface area (Å²) in [5.41, 5.74) is 3.55. The topological polar surface area (TPSA) is 46.0 Å². The summed E-state index contributed by atoms with van der Waals surface area (Å²) in [6.45, 7) is 2.10. The Morgan fingerprint density at radius 3 is 2.94 bits per heavy atom. The first-order valence-corrected chi connectivity index (χ1v) is 5.97. The van der Waals surface area contributed by atoms with Crippen molar-refractivity contribution in [3.8, 4) is 0 Å². The number of carbonyl (C=O) groups excluding carboxylic acids is 1. The molecule has 0 saturated heterocycles. The van der Waals surface area contributed by atoms with Gasteiger partial charge in [0.05, 0.1) is 11.8 Å². The maximum absolute atomic E-state index is 12.3. The average Bonchev–Trinajstić information content (AvgIpc) is 3.06. The molecule has 1 aromatic carbocycles. The first kappa shape index (κ1) is 10.8. The third-order valence-corrected chi connectivity index (χ3v) is 3.21. The summed E-state index contributed by atoms with van der Waals surface area (Å²) in [7, 11) is 0. The van der Waals surface area contributed by atoms with Crippen molar-refractivity contribution in [1.82, 2.24) is 4.98 Å². The predicted molar refractivity (Wildman–Crippen MR) is 69.8 cm³/mol. The highest BCUT2D eigenvalue weighted by Gasteiger charge is 2.15. The van der Waals surface area contributed by atoms with E-state index < -0.39 is 0 Å². The van der Waals surface area contributed by atoms with Gasteiger partial charge in [-0.2, -0.15) is 0 Å². The van der Waals surface area contributed by atoms with Crippen molar-refractivity contribution in [1.29, 1.82) is 0 Å². The third kappa shape index (κ3) is 1.56. The lowest BCUT2D eigenvalue weighted by molar-refractivity contribution is 0.103. The maximum atomic E-state index is 12.3. The van der Waals surface area contributed by atoms with Crippen molar-refractivity contribution >= 4 is 16.7 Å². The largest absolute Gasteiger partial charge is 0.472 e. The van der Waals surface area contributed by atoms with Gasteiger partial charge in [-0.25, -0.2) is 0 Å². The first-order valence-electron chi connectivity index (χ1n) is 5.97. The van der Waals surface area contributed by atoms with Crippen LogP contribution < -0.4 is 0 Å². The third-order valence-electron chi connectivity index (χ3n) is 3.21. The normalized spacial score (nSPS) is 10.9. The van der Waals surface area contributed by atoms with Crippen LogP contribution in [0.5, 0.6) is 0 Å². The molecule has 90 valence electrons. The number of rotatable bonds is 3. The summed E-state index contributed by atoms with van der Waals surface area (Å²) in [5, 5.41) is 0.973. The number of fused-ring (bicyclic) bond motifs is 1. The van der Waals surface area contributed by atoms with E-state index in [1.54, 1.807) is 12.3 Å². The Bertz CT molecular complexity index is 692. The van der Waals surface area contributed by atoms with E-state index in [0.717, 1.165) is 17.3 Å². The van der Waals surface area contributed by atoms with Crippen LogP contribution in [-0.4, -0.2) is 10.8 Å². The molecule has 0 unspecified atom stereocenters. The van der Waals surface area contributed by atoms with Gasteiger partial charge in [-0.1, -0.05) is 25.1 Å². The molecular formula is C15H13NO2. The van der Waals surface area contributed by atoms with Crippen LogP contribution in [0.25, 0.3) is 10.9 Å². The number of benzene rings is 1. The minimum absolute atomic E-state index is 0.0109. The van der Waals surface area contributed by atoms with E-state index in [1.807, 2.05) is 12.1 Å². The Labute approximate surface area is 104 Å². The van der Waals surface area contributed by atoms with E-state index in [0.29, 0.717) is 11.1 Å². The monoisotopic (exact) mass is 239 g/mol. The SMILES string of the molecule is CCc1cccc2c(C(=O)c3ccoc3)c[nH]c12. The van der Waals surface area contributed by atoms with Crippen molar-refractivity contribution in [2.24, 2.45) is 0 Å². The minimum Gasteiger partial charge on any atom is -0.472 e. The average molecular weight is 239 g/mol. The number of carbonyl (C=O) groups is 1. The Kier molecular flexibility index (Phi) is 2.52. The van der Waals surface area contributed by atoms with E-state index in [2.05, 4.69) is 18.0 Å². The number of hydrogen-bond donors (Lipinski definition) is 1. The van der Waals surface area contributed by atoms with Crippen molar-refractivity contribution in [2.75, 3.05) is 0 Å². The van der Waals surface area contributed by atoms with Crippen LogP contribution in [0.1, 0.15) is 28.4 Å². The molecule has 0 radical (unpaired) electrons. The predicted octanol–water partition coefficient (Wildman–Crippen LogP) is 3.55. The van der Waals surface area contributed by atoms with Gasteiger partial charge in [-0.15, -0.1) is 0 Å². The molecule has 0 saturated carbocycles. The summed E-state index contributed by atoms with van der Waals surface area (Å²) >= 11 is 0. The van der Waals surface area contributed by atoms with E-state index in [-0.39, 0.29) is 5.78 Å². The molecular weight excluding hydrogens is 226 g/mol. The lowest BCUT2D eigenvalue weighted by Gasteiger charge is -2.00. The van der Waals surface area contributed by atoms with Crippen LogP contribution in [0.3, 0.4) is 0 Å². The fraction of sp³-hybridized carbons (Fsp3) is 0.133. The lowest BCUT2D eigenvalue weighted by Crippen LogP contribution is -1.98. The number of aromatic amines is 1. The van der Waals surface area contributed by atoms with Crippen molar-refractivity contribution in [2.45, 2.75) is 13.3 Å². The molecule has 0 atom stereocenters. The first-order chi connectivity index (χ1) is 8.81. The molecule has 2 aromatic heterocycles. The molecule has 0 aliphatic carbocycles. The molecule has 0 fully saturated rings. The Hall–Kier alpha value is -2.29. The highest BCUT2D eigenvalue weighted by Crippen LogP contribution is 2.24. The van der Waals surface area contributed by atoms with Gasteiger partial charge in [0.2, 0.25) is 0 Å². The van der Waals surface area contributed by atoms with Crippen LogP contribution in [0.4, 0.5) is 0 Å². The van der Waals surface area contributed by atoms with Gasteiger partial charge >= 0.3 is 0 Å². The van der Waals surface area contributed by atoms with Gasteiger partial charge in [0.25, 0.3) is 0 Å². The molecule has 18 heavy (non-hydrogen) atoms. The number of nitrogens with one attached hydrogen (secondary N) is 1. The molecule has 0 amide bonds. The second-order valence-electron chi connectivity index (χ2n) is 4.24. The van der Waals surface area contributed by atoms with E-state index in [1.165, 1.54) is 18.1 Å². The minimum atomic E-state index is -0.0109. The standard InChI is InChI=1S/C15H13NO2/c1-2-10-4-3-5-12-13(8-16-14(10)12)15(17)11-6-7-18-9-11/h3-9,16H,2H2,1H3. The summed E-state index contributed by atoms with van der Waals surface area (Å²) in [5.74, 6) is -0.0109. The summed E-state index contributed by atoms with van der Waals surface area (Å²) in [6.07, 6.45) is 5.71. The molecule has 0 bridgehead atoms. The van der Waals surface area contributed by atoms with Crippen molar-refractivity contribution in [3.63, 3.8) is 0 Å². The van der Waals surface area contributed by atoms with Crippen LogP contribution in [0.2, 0.25) is 0 Å². The van der Waals surface area contributed by atoms with E-state index >= 15 is 0 Å². The highest BCUT2D eigenvalue weighted by atomic mass is 16.3. The van der Waals surface area contributed by atoms with Crippen molar-refractivity contribution < 1.29 is 9.21 Å². The number of para-hydroxylation sites is 1. The van der Waals surface area contributed by atoms with Crippen molar-refractivity contribution in [3.05, 3.63) is 59.7 Å². The Balaban J connectivity index is 2.17. The highest BCUT2D eigenvalue weighted by molar-refractivity contribution is 6.16. The summed E-state index contributed by atoms with van der Waals surface area (Å²) in [6, 6.07) is 7.72. The molecule has 3 nitrogen and oxygen atoms in total. The second-order valence-corrected chi connectivity index (χ2v) is 4.24. The fourth-order valence-electron chi connectivity index (χ4n) is 2.25. The zero-order valence-electron chi connectivity index (χ0n) is 10.1. The molecule has 3 aromatic rings. The van der Waals surface area contributed by atoms with Crippen LogP contribution >= 0.6 is 0 Å². The van der Waals surface area contributed by atoms with Crippen LogP contribution in [0, 0.1) is 0 Å². The zero-order chi connectivity index (χ0) is 12.5. The maximum Gasteiger partial charge on any atom is 0.198 e. The summed E-state index contributed by atoms with van der Waals surface area (Å²) in [4.78, 5) is 15.5. The molecule has 0 aliphatic heterocycles. The quantitative estimate of drug-likeness (QED) is 0.710. The molecule has 3 rings (SSSR count). The van der Waals surface area contributed by atoms with Gasteiger partial charge in [0.15, 0.2) is 5.78 Å². The number of aryl methyl sites for hydroxylation is 1. The molecule has 1 N–H and O–H groups in total. The van der Waals surface area contributed by atoms with Crippen LogP contribution in [0.15, 0.2) is 47.4 Å². The van der Waals surface area contributed by atoms with Gasteiger partial charge in [-0.3, -0.25) is 4.79 Å². The number of furan rings is 1. The Morgan fingerprint density at radius 2 is 2.22 bits per heavy atom. The van der Waals surface area contributed by atoms with E-state index in [4.69, 9.17) is 4.42 Å². The number of aromatic nitrogens is 1. The summed E-state index contributed by atoms with van der Waals surface area (Å²) < 4.78 is 4.96. The fourth-order valence-corrected chi connectivity index (χ4v) is 2.25. The second kappa shape index (κ2) is 4.18. The molecule has 0 aliphatic rings. The molecule has 2 heterocycles. The number of ketones is 1. The molecule has 3 heteroatoms. The van der Waals surface area contributed by atoms with E-state index in [9.17, 15) is 4.79 Å². The molecule has 0 spiro atoms. The smallest absolute Gasteiger partial charge is 0.198 e. The number of hydrogen-bond acceptors (Lipinski definition) is 2.